The molecule has 2 heterocycles. The number of carbonyl (C=O) groups is 2. The van der Waals surface area contributed by atoms with Gasteiger partial charge in [-0.3, -0.25) is 9.69 Å². The Bertz CT molecular complexity index is 722. The maximum Gasteiger partial charge on any atom is 0.327 e. The normalized spacial score (nSPS) is 16.5. The van der Waals surface area contributed by atoms with E-state index in [2.05, 4.69) is 0 Å². The van der Waals surface area contributed by atoms with Gasteiger partial charge in [-0.15, -0.1) is 0 Å². The fourth-order valence-corrected chi connectivity index (χ4v) is 3.12. The molecular weight excluding hydrogens is 344 g/mol. The monoisotopic (exact) mass is 362 g/mol. The second-order valence-corrected chi connectivity index (χ2v) is 6.22. The number of benzene rings is 1. The molecular formula is C18H19ClN2O4. The van der Waals surface area contributed by atoms with Crippen LogP contribution in [0.5, 0.6) is 0 Å². The lowest BCUT2D eigenvalue weighted by atomic mass is 10.0. The predicted octanol–water partition coefficient (Wildman–Crippen LogP) is 2.61. The van der Waals surface area contributed by atoms with E-state index in [9.17, 15) is 9.59 Å². The zero-order valence-corrected chi connectivity index (χ0v) is 14.6. The topological polar surface area (TPSA) is 63.0 Å². The molecule has 0 saturated carbocycles. The van der Waals surface area contributed by atoms with Crippen LogP contribution < -0.4 is 0 Å². The van der Waals surface area contributed by atoms with Crippen LogP contribution in [0.4, 0.5) is 0 Å². The third-order valence-corrected chi connectivity index (χ3v) is 4.56. The summed E-state index contributed by atoms with van der Waals surface area (Å²) in [5.74, 6) is -0.130. The summed E-state index contributed by atoms with van der Waals surface area (Å²) in [6.45, 7) is 2.16. The molecule has 0 spiro atoms. The number of hydrogen-bond acceptors (Lipinski definition) is 5. The molecule has 1 aliphatic rings. The Labute approximate surface area is 150 Å². The second kappa shape index (κ2) is 7.72. The molecule has 7 heteroatoms. The van der Waals surface area contributed by atoms with Crippen LogP contribution in [0.15, 0.2) is 47.1 Å². The first-order valence-electron chi connectivity index (χ1n) is 8.00. The standard InChI is InChI=1S/C18H19ClN2O4/c1-24-18(23)16(13-4-6-14(19)7-5-13)20-8-10-21(11-9-20)17(22)15-3-2-12-25-15/h2-7,12,16H,8-11H2,1H3. The number of piperazine rings is 1. The van der Waals surface area contributed by atoms with Crippen molar-refractivity contribution in [3.05, 3.63) is 59.0 Å². The highest BCUT2D eigenvalue weighted by molar-refractivity contribution is 6.30. The summed E-state index contributed by atoms with van der Waals surface area (Å²) >= 11 is 5.94. The minimum absolute atomic E-state index is 0.134. The molecule has 0 radical (unpaired) electrons. The molecule has 0 N–H and O–H groups in total. The molecule has 1 aromatic carbocycles. The number of amides is 1. The molecule has 1 fully saturated rings. The molecule has 3 rings (SSSR count). The van der Waals surface area contributed by atoms with E-state index in [4.69, 9.17) is 20.8 Å². The number of rotatable bonds is 4. The Kier molecular flexibility index (Phi) is 5.40. The smallest absolute Gasteiger partial charge is 0.327 e. The fraction of sp³-hybridized carbons (Fsp3) is 0.333. The van der Waals surface area contributed by atoms with E-state index in [1.807, 2.05) is 17.0 Å². The zero-order valence-electron chi connectivity index (χ0n) is 13.9. The molecule has 132 valence electrons. The average Bonchev–Trinajstić information content (AvgIpc) is 3.18. The van der Waals surface area contributed by atoms with Gasteiger partial charge in [-0.2, -0.15) is 0 Å². The van der Waals surface area contributed by atoms with Crippen molar-refractivity contribution in [3.8, 4) is 0 Å². The summed E-state index contributed by atoms with van der Waals surface area (Å²) in [5, 5.41) is 0.612. The van der Waals surface area contributed by atoms with Crippen molar-refractivity contribution < 1.29 is 18.7 Å². The van der Waals surface area contributed by atoms with Crippen molar-refractivity contribution in [2.24, 2.45) is 0 Å². The van der Waals surface area contributed by atoms with Crippen molar-refractivity contribution in [1.82, 2.24) is 9.80 Å². The van der Waals surface area contributed by atoms with Crippen LogP contribution in [-0.4, -0.2) is 55.0 Å². The molecule has 1 atom stereocenters. The molecule has 0 aliphatic carbocycles. The van der Waals surface area contributed by atoms with Gasteiger partial charge in [0.2, 0.25) is 0 Å². The lowest BCUT2D eigenvalue weighted by Gasteiger charge is -2.38. The van der Waals surface area contributed by atoms with Gasteiger partial charge in [-0.1, -0.05) is 23.7 Å². The van der Waals surface area contributed by atoms with E-state index in [0.717, 1.165) is 5.56 Å². The first-order valence-corrected chi connectivity index (χ1v) is 8.38. The van der Waals surface area contributed by atoms with Gasteiger partial charge in [0.25, 0.3) is 5.91 Å². The third-order valence-electron chi connectivity index (χ3n) is 4.31. The molecule has 1 saturated heterocycles. The van der Waals surface area contributed by atoms with E-state index in [0.29, 0.717) is 37.0 Å². The van der Waals surface area contributed by atoms with Crippen LogP contribution in [-0.2, 0) is 9.53 Å². The zero-order chi connectivity index (χ0) is 17.8. The lowest BCUT2D eigenvalue weighted by Crippen LogP contribution is -2.51. The fourth-order valence-electron chi connectivity index (χ4n) is 2.99. The Morgan fingerprint density at radius 3 is 2.36 bits per heavy atom. The lowest BCUT2D eigenvalue weighted by molar-refractivity contribution is -0.148. The van der Waals surface area contributed by atoms with Gasteiger partial charge in [-0.05, 0) is 29.8 Å². The van der Waals surface area contributed by atoms with Crippen molar-refractivity contribution in [1.29, 1.82) is 0 Å². The molecule has 1 amide bonds. The van der Waals surface area contributed by atoms with Gasteiger partial charge in [0.15, 0.2) is 5.76 Å². The SMILES string of the molecule is COC(=O)C(c1ccc(Cl)cc1)N1CCN(C(=O)c2ccco2)CC1. The quantitative estimate of drug-likeness (QED) is 0.782. The summed E-state index contributed by atoms with van der Waals surface area (Å²) < 4.78 is 10.1. The van der Waals surface area contributed by atoms with Crippen molar-refractivity contribution in [2.75, 3.05) is 33.3 Å². The Morgan fingerprint density at radius 1 is 1.12 bits per heavy atom. The van der Waals surface area contributed by atoms with E-state index < -0.39 is 6.04 Å². The first kappa shape index (κ1) is 17.5. The molecule has 1 aliphatic heterocycles. The highest BCUT2D eigenvalue weighted by Crippen LogP contribution is 2.25. The molecule has 1 unspecified atom stereocenters. The van der Waals surface area contributed by atoms with Crippen LogP contribution in [0.25, 0.3) is 0 Å². The maximum atomic E-state index is 12.3. The Morgan fingerprint density at radius 2 is 1.80 bits per heavy atom. The third kappa shape index (κ3) is 3.86. The predicted molar refractivity (Wildman–Crippen MR) is 92.4 cm³/mol. The van der Waals surface area contributed by atoms with Crippen LogP contribution in [0.2, 0.25) is 5.02 Å². The minimum Gasteiger partial charge on any atom is -0.468 e. The van der Waals surface area contributed by atoms with Crippen molar-refractivity contribution in [2.45, 2.75) is 6.04 Å². The highest BCUT2D eigenvalue weighted by Gasteiger charge is 2.32. The number of halogens is 1. The van der Waals surface area contributed by atoms with Crippen LogP contribution in [0.3, 0.4) is 0 Å². The van der Waals surface area contributed by atoms with Gasteiger partial charge < -0.3 is 14.1 Å². The Hall–Kier alpha value is -2.31. The average molecular weight is 363 g/mol. The van der Waals surface area contributed by atoms with Crippen LogP contribution in [0.1, 0.15) is 22.2 Å². The number of carbonyl (C=O) groups excluding carboxylic acids is 2. The summed E-state index contributed by atoms with van der Waals surface area (Å²) in [6.07, 6.45) is 1.48. The minimum atomic E-state index is -0.511. The highest BCUT2D eigenvalue weighted by atomic mass is 35.5. The Balaban J connectivity index is 1.71. The van der Waals surface area contributed by atoms with Gasteiger partial charge in [-0.25, -0.2) is 4.79 Å². The molecule has 0 bridgehead atoms. The second-order valence-electron chi connectivity index (χ2n) is 5.78. The maximum absolute atomic E-state index is 12.3. The van der Waals surface area contributed by atoms with Crippen LogP contribution >= 0.6 is 11.6 Å². The first-order chi connectivity index (χ1) is 12.1. The number of methoxy groups -OCH3 is 1. The molecule has 6 nitrogen and oxygen atoms in total. The van der Waals surface area contributed by atoms with E-state index in [-0.39, 0.29) is 11.9 Å². The van der Waals surface area contributed by atoms with Crippen LogP contribution in [0, 0.1) is 0 Å². The number of esters is 1. The van der Waals surface area contributed by atoms with Gasteiger partial charge in [0.05, 0.1) is 13.4 Å². The summed E-state index contributed by atoms with van der Waals surface area (Å²) in [6, 6.07) is 9.99. The van der Waals surface area contributed by atoms with Gasteiger partial charge >= 0.3 is 5.97 Å². The van der Waals surface area contributed by atoms with E-state index >= 15 is 0 Å². The van der Waals surface area contributed by atoms with Gasteiger partial charge in [0.1, 0.15) is 6.04 Å². The van der Waals surface area contributed by atoms with E-state index in [1.165, 1.54) is 13.4 Å². The number of ether oxygens (including phenoxy) is 1. The largest absolute Gasteiger partial charge is 0.468 e. The number of furan rings is 1. The van der Waals surface area contributed by atoms with E-state index in [1.54, 1.807) is 29.2 Å². The molecule has 2 aromatic rings. The van der Waals surface area contributed by atoms with Gasteiger partial charge in [0, 0.05) is 31.2 Å². The number of hydrogen-bond donors (Lipinski definition) is 0. The number of nitrogens with zero attached hydrogens (tertiary/aromatic N) is 2. The summed E-state index contributed by atoms with van der Waals surface area (Å²) in [4.78, 5) is 28.4. The van der Waals surface area contributed by atoms with Crippen molar-refractivity contribution >= 4 is 23.5 Å². The molecule has 1 aromatic heterocycles. The molecule has 25 heavy (non-hydrogen) atoms. The summed E-state index contributed by atoms with van der Waals surface area (Å²) in [5.41, 5.74) is 0.821. The van der Waals surface area contributed by atoms with Crippen molar-refractivity contribution in [3.63, 3.8) is 0 Å². The summed E-state index contributed by atoms with van der Waals surface area (Å²) in [7, 11) is 1.38.